The first-order valence-electron chi connectivity index (χ1n) is 41.3. The smallest absolute Gasteiger partial charge is 0.326 e. The second-order valence-corrected chi connectivity index (χ2v) is 31.2. The molecule has 15 atom stereocenters. The van der Waals surface area contributed by atoms with Gasteiger partial charge in [-0.1, -0.05) is 111 Å². The third kappa shape index (κ3) is 41.3. The lowest BCUT2D eigenvalue weighted by molar-refractivity contribution is -0.143. The third-order valence-corrected chi connectivity index (χ3v) is 19.9. The van der Waals surface area contributed by atoms with E-state index in [1.807, 2.05) is 0 Å². The molecule has 0 saturated carbocycles. The van der Waals surface area contributed by atoms with Crippen molar-refractivity contribution < 1.29 is 116 Å². The Bertz CT molecular complexity index is 4300. The van der Waals surface area contributed by atoms with Gasteiger partial charge in [0.05, 0.1) is 38.9 Å². The van der Waals surface area contributed by atoms with Gasteiger partial charge in [0.25, 0.3) is 0 Å². The first kappa shape index (κ1) is 110. The quantitative estimate of drug-likeness (QED) is 0.0166. The number of carbonyl (C=O) groups is 21. The van der Waals surface area contributed by atoms with Gasteiger partial charge in [-0.05, 0) is 91.9 Å². The van der Waals surface area contributed by atoms with Crippen LogP contribution < -0.4 is 125 Å². The monoisotopic (exact) mass is 1810 g/mol. The van der Waals surface area contributed by atoms with Crippen LogP contribution in [0, 0.1) is 34.5 Å². The molecule has 0 bridgehead atoms. The first-order valence-corrected chi connectivity index (χ1v) is 41.3. The Morgan fingerprint density at radius 3 is 1.23 bits per heavy atom. The molecule has 0 saturated heterocycles. The summed E-state index contributed by atoms with van der Waals surface area (Å²) in [5.74, 6) is -27.5. The summed E-state index contributed by atoms with van der Waals surface area (Å²) in [4.78, 5) is 281. The van der Waals surface area contributed by atoms with E-state index < -0.39 is 284 Å². The number of nitrogens with two attached hydrogens (primary N) is 6. The maximum Gasteiger partial charge on any atom is 0.326 e. The van der Waals surface area contributed by atoms with E-state index in [0.29, 0.717) is 16.3 Å². The van der Waals surface area contributed by atoms with Crippen LogP contribution in [0.3, 0.4) is 0 Å². The Labute approximate surface area is 737 Å². The average molecular weight is 1810 g/mol. The van der Waals surface area contributed by atoms with E-state index in [-0.39, 0.29) is 83.2 Å². The van der Waals surface area contributed by atoms with Crippen LogP contribution in [0.4, 0.5) is 0 Å². The van der Waals surface area contributed by atoms with Crippen molar-refractivity contribution in [3.05, 3.63) is 48.0 Å². The van der Waals surface area contributed by atoms with Crippen molar-refractivity contribution in [1.82, 2.24) is 90.4 Å². The van der Waals surface area contributed by atoms with Crippen molar-refractivity contribution in [2.75, 3.05) is 32.7 Å². The minimum absolute atomic E-state index is 0.0111. The van der Waals surface area contributed by atoms with Crippen LogP contribution in [0.2, 0.25) is 0 Å². The van der Waals surface area contributed by atoms with Crippen molar-refractivity contribution in [1.29, 1.82) is 10.8 Å². The van der Waals surface area contributed by atoms with Crippen LogP contribution >= 0.6 is 0 Å². The molecule has 2 aromatic carbocycles. The van der Waals surface area contributed by atoms with Gasteiger partial charge in [-0.15, -0.1) is 0 Å². The van der Waals surface area contributed by atoms with Crippen LogP contribution in [-0.2, 0) is 107 Å². The number of hydrogen-bond donors (Lipinski definition) is 28. The second kappa shape index (κ2) is 56.1. The zero-order chi connectivity index (χ0) is 96.9. The van der Waals surface area contributed by atoms with Crippen LogP contribution in [0.1, 0.15) is 158 Å². The van der Waals surface area contributed by atoms with Gasteiger partial charge in [0.2, 0.25) is 106 Å². The summed E-state index contributed by atoms with van der Waals surface area (Å²) in [5, 5.41) is 86.5. The molecule has 2 aromatic rings. The Morgan fingerprint density at radius 2 is 0.750 bits per heavy atom. The highest BCUT2D eigenvalue weighted by molar-refractivity contribution is 6.02. The fourth-order valence-electron chi connectivity index (χ4n) is 12.5. The molecule has 0 aliphatic rings. The molecule has 0 spiro atoms. The van der Waals surface area contributed by atoms with Gasteiger partial charge < -0.3 is 140 Å². The van der Waals surface area contributed by atoms with Crippen molar-refractivity contribution in [3.8, 4) is 0 Å². The summed E-state index contributed by atoms with van der Waals surface area (Å²) in [6, 6.07) is -9.52. The number of aliphatic carboxylic acids is 3. The molecule has 18 amide bonds. The molecule has 0 radical (unpaired) electrons. The Morgan fingerprint density at radius 1 is 0.367 bits per heavy atom. The SMILES string of the molecule is CC[C@H](C)[C@H](NC(=O)[C@H](C)NC(=O)[C@H](CC(C)C)NC(=O)[C@H](CCC(N)=O)NC(=O)[C@H](CCCNC(=N)N)NC(=O)CNC(=O)[C@@H](NC(=O)[C@H](CCC(N)=O)NC(=O)CN)C(C)C)C(=O)N[C@@H](Cc1cccc2ccccc12)C(=O)NCC(=O)N[C@@H](CC(=O)O)C(=O)N[C@@H](CC(=O)O)C(=O)N[C@H](C(=O)N[C@@H](CC(N)=O)C(=O)N[C@@H](CCCNC(=N)N)C(=O)O)[C@@H](C)CC. The highest BCUT2D eigenvalue weighted by atomic mass is 16.4. The largest absolute Gasteiger partial charge is 0.481 e. The zero-order valence-electron chi connectivity index (χ0n) is 72.9. The Kier molecular flexibility index (Phi) is 48.3. The number of rotatable bonds is 60. The number of nitrogens with one attached hydrogen (secondary N) is 19. The van der Waals surface area contributed by atoms with Gasteiger partial charge in [0.15, 0.2) is 11.9 Å². The summed E-state index contributed by atoms with van der Waals surface area (Å²) in [5.41, 5.74) is 32.7. The minimum Gasteiger partial charge on any atom is -0.481 e. The summed E-state index contributed by atoms with van der Waals surface area (Å²) >= 11 is 0. The summed E-state index contributed by atoms with van der Waals surface area (Å²) in [7, 11) is 0. The number of guanidine groups is 2. The molecule has 710 valence electrons. The van der Waals surface area contributed by atoms with Crippen molar-refractivity contribution in [2.24, 2.45) is 58.1 Å². The molecule has 0 unspecified atom stereocenters. The van der Waals surface area contributed by atoms with Crippen LogP contribution in [0.5, 0.6) is 0 Å². The van der Waals surface area contributed by atoms with Gasteiger partial charge in [-0.25, -0.2) is 4.79 Å². The molecule has 34 N–H and O–H groups in total. The van der Waals surface area contributed by atoms with Gasteiger partial charge in [0.1, 0.15) is 78.5 Å². The zero-order valence-corrected chi connectivity index (χ0v) is 72.9. The minimum atomic E-state index is -2.15. The van der Waals surface area contributed by atoms with E-state index in [2.05, 4.69) is 90.4 Å². The maximum atomic E-state index is 14.8. The lowest BCUT2D eigenvalue weighted by Gasteiger charge is -2.29. The fourth-order valence-corrected chi connectivity index (χ4v) is 12.5. The van der Waals surface area contributed by atoms with E-state index in [1.165, 1.54) is 13.8 Å². The van der Waals surface area contributed by atoms with Gasteiger partial charge in [-0.2, -0.15) is 0 Å². The number of hydrogen-bond acceptors (Lipinski definition) is 24. The molecule has 49 nitrogen and oxygen atoms in total. The molecule has 49 heteroatoms. The van der Waals surface area contributed by atoms with Crippen LogP contribution in [0.25, 0.3) is 10.8 Å². The molecule has 0 aliphatic heterocycles. The number of carboxylic acids is 3. The maximum absolute atomic E-state index is 14.8. The fraction of sp³-hybridized carbons (Fsp3) is 0.582. The normalized spacial score (nSPS) is 14.5. The van der Waals surface area contributed by atoms with E-state index in [9.17, 15) is 116 Å². The predicted molar refractivity (Wildman–Crippen MR) is 458 cm³/mol. The average Bonchev–Trinajstić information content (AvgIpc) is 0.819. The Hall–Kier alpha value is -13.9. The van der Waals surface area contributed by atoms with Crippen molar-refractivity contribution >= 4 is 147 Å². The molecule has 0 aliphatic carbocycles. The Balaban J connectivity index is 2.49. The third-order valence-electron chi connectivity index (χ3n) is 19.9. The molecule has 128 heavy (non-hydrogen) atoms. The van der Waals surface area contributed by atoms with Gasteiger partial charge >= 0.3 is 17.9 Å². The topological polar surface area (TPSA) is 827 Å². The highest BCUT2D eigenvalue weighted by Gasteiger charge is 2.40. The van der Waals surface area contributed by atoms with E-state index in [0.717, 1.165) is 0 Å². The lowest BCUT2D eigenvalue weighted by atomic mass is 9.95. The molecular weight excluding hydrogens is 1680 g/mol. The van der Waals surface area contributed by atoms with Gasteiger partial charge in [-0.3, -0.25) is 107 Å². The second-order valence-electron chi connectivity index (χ2n) is 31.2. The number of fused-ring (bicyclic) bond motifs is 1. The molecular formula is C79H125N25O24. The molecule has 0 fully saturated rings. The molecule has 0 heterocycles. The number of amides is 18. The van der Waals surface area contributed by atoms with Crippen molar-refractivity contribution in [3.63, 3.8) is 0 Å². The van der Waals surface area contributed by atoms with E-state index in [1.54, 1.807) is 90.9 Å². The summed E-state index contributed by atoms with van der Waals surface area (Å²) < 4.78 is 0. The standard InChI is InChI=1S/C79H125N25O24/c1-10-39(7)63(103-65(115)41(9)92-70(120)49(29-37(3)4)98-68(118)47(24-26-55(82)106)96-67(117)45(21-15-27-88-78(84)85)94-58(109)36-91-74(124)62(38(5)6)102-69(119)46(23-25-54(81)105)93-57(108)34-80)75(125)100-50(30-43-19-14-18-42-17-12-13-20-44(42)43)66(116)90-35-59(110)95-52(32-60(111)112)72(122)99-53(33-61(113)114)73(123)104-64(40(8)11-2)76(126)101-51(31-56(83)107)71(121)97-48(77(127)128)22-16-28-89-79(86)87/h12-14,17-20,37-41,45-53,62-64H,10-11,15-16,21-36,80H2,1-9H3,(H2,81,105)(H2,82,106)(H2,83,107)(H,90,116)(H,91,124)(H,92,120)(H,93,108)(H,94,109)(H,95,110)(H,96,117)(H,97,121)(H,98,118)(H,99,122)(H,100,125)(H,101,126)(H,102,119)(H,103,115)(H,104,123)(H,111,112)(H,113,114)(H,127,128)(H4,84,85,88)(H4,86,87,89)/t39-,40-,41-,45-,46-,47-,48-,49-,50-,51-,52-,53-,62-,63-,64-/m0/s1. The van der Waals surface area contributed by atoms with Crippen LogP contribution in [-0.4, -0.2) is 263 Å². The number of carbonyl (C=O) groups excluding carboxylic acids is 18. The van der Waals surface area contributed by atoms with E-state index in [4.69, 9.17) is 45.2 Å². The highest BCUT2D eigenvalue weighted by Crippen LogP contribution is 2.22. The molecule has 0 aromatic heterocycles. The summed E-state index contributed by atoms with van der Waals surface area (Å²) in [6.07, 6.45) is -5.45. The number of primary amides is 3. The summed E-state index contributed by atoms with van der Waals surface area (Å²) in [6.45, 7) is 11.6. The van der Waals surface area contributed by atoms with E-state index >= 15 is 0 Å². The predicted octanol–water partition coefficient (Wildman–Crippen LogP) is -8.34. The lowest BCUT2D eigenvalue weighted by Crippen LogP contribution is -2.61. The van der Waals surface area contributed by atoms with Crippen LogP contribution in [0.15, 0.2) is 42.5 Å². The molecule has 2 rings (SSSR count). The first-order chi connectivity index (χ1) is 60.0. The van der Waals surface area contributed by atoms with Crippen molar-refractivity contribution in [2.45, 2.75) is 237 Å². The van der Waals surface area contributed by atoms with Gasteiger partial charge in [0, 0.05) is 32.4 Å². The number of benzene rings is 2. The number of carboxylic acid groups (broad SMARTS) is 3.